The molecule has 0 aromatic carbocycles. The Morgan fingerprint density at radius 3 is 2.79 bits per heavy atom. The lowest BCUT2D eigenvalue weighted by atomic mass is 10.1. The second-order valence-electron chi connectivity index (χ2n) is 4.28. The number of allylic oxidation sites excluding steroid dienone is 2. The second kappa shape index (κ2) is 6.92. The van der Waals surface area contributed by atoms with Gasteiger partial charge in [-0.25, -0.2) is 0 Å². The second-order valence-corrected chi connectivity index (χ2v) is 4.28. The third-order valence-electron chi connectivity index (χ3n) is 2.95. The van der Waals surface area contributed by atoms with E-state index in [4.69, 9.17) is 0 Å². The van der Waals surface area contributed by atoms with E-state index in [0.29, 0.717) is 0 Å². The van der Waals surface area contributed by atoms with E-state index in [1.807, 2.05) is 0 Å². The van der Waals surface area contributed by atoms with Crippen LogP contribution >= 0.6 is 0 Å². The van der Waals surface area contributed by atoms with E-state index < -0.39 is 0 Å². The number of rotatable bonds is 5. The average Bonchev–Trinajstić information content (AvgIpc) is 2.21. The Morgan fingerprint density at radius 1 is 1.21 bits per heavy atom. The van der Waals surface area contributed by atoms with Gasteiger partial charge in [0.25, 0.3) is 0 Å². The van der Waals surface area contributed by atoms with Crippen LogP contribution in [0.15, 0.2) is 11.8 Å². The number of likely N-dealkylation sites (tertiary alicyclic amines) is 1. The minimum Gasteiger partial charge on any atom is -0.375 e. The van der Waals surface area contributed by atoms with Gasteiger partial charge in [-0.2, -0.15) is 0 Å². The normalized spacial score (nSPS) is 20.4. The molecule has 0 bridgehead atoms. The van der Waals surface area contributed by atoms with Gasteiger partial charge < -0.3 is 4.90 Å². The molecule has 14 heavy (non-hydrogen) atoms. The summed E-state index contributed by atoms with van der Waals surface area (Å²) < 4.78 is 0. The van der Waals surface area contributed by atoms with Gasteiger partial charge in [-0.05, 0) is 32.1 Å². The van der Waals surface area contributed by atoms with Crippen LogP contribution in [-0.2, 0) is 0 Å². The molecule has 0 N–H and O–H groups in total. The Kier molecular flexibility index (Phi) is 5.74. The van der Waals surface area contributed by atoms with E-state index in [1.165, 1.54) is 58.0 Å². The van der Waals surface area contributed by atoms with Crippen LogP contribution in [0.2, 0.25) is 0 Å². The zero-order valence-electron chi connectivity index (χ0n) is 9.89. The molecule has 0 aliphatic carbocycles. The average molecular weight is 195 g/mol. The highest BCUT2D eigenvalue weighted by atomic mass is 15.1. The van der Waals surface area contributed by atoms with Crippen LogP contribution in [0.1, 0.15) is 58.8 Å². The molecule has 0 spiro atoms. The maximum atomic E-state index is 2.60. The summed E-state index contributed by atoms with van der Waals surface area (Å²) in [6, 6.07) is 0. The molecule has 1 aliphatic heterocycles. The number of piperidine rings is 1. The van der Waals surface area contributed by atoms with Crippen LogP contribution in [0.5, 0.6) is 0 Å². The number of hydrogen-bond donors (Lipinski definition) is 0. The quantitative estimate of drug-likeness (QED) is 0.600. The maximum Gasteiger partial charge on any atom is 0.0175 e. The minimum absolute atomic E-state index is 1.26. The van der Waals surface area contributed by atoms with Gasteiger partial charge >= 0.3 is 0 Å². The fourth-order valence-electron chi connectivity index (χ4n) is 2.14. The summed E-state index contributed by atoms with van der Waals surface area (Å²) in [5.41, 5.74) is 1.63. The van der Waals surface area contributed by atoms with Crippen molar-refractivity contribution < 1.29 is 0 Å². The number of nitrogens with zero attached hydrogens (tertiary/aromatic N) is 1. The van der Waals surface area contributed by atoms with Crippen LogP contribution in [0, 0.1) is 0 Å². The predicted molar refractivity (Wildman–Crippen MR) is 63.3 cm³/mol. The highest BCUT2D eigenvalue weighted by Crippen LogP contribution is 2.21. The van der Waals surface area contributed by atoms with Crippen LogP contribution in [0.4, 0.5) is 0 Å². The molecule has 0 atom stereocenters. The third kappa shape index (κ3) is 3.73. The summed E-state index contributed by atoms with van der Waals surface area (Å²) in [6.45, 7) is 7.10. The molecule has 0 aromatic rings. The summed E-state index contributed by atoms with van der Waals surface area (Å²) >= 11 is 0. The van der Waals surface area contributed by atoms with Crippen molar-refractivity contribution in [2.75, 3.05) is 13.1 Å². The summed E-state index contributed by atoms with van der Waals surface area (Å²) in [4.78, 5) is 2.60. The fraction of sp³-hybridized carbons (Fsp3) is 0.846. The molecule has 0 unspecified atom stereocenters. The van der Waals surface area contributed by atoms with Gasteiger partial charge in [-0.15, -0.1) is 0 Å². The molecule has 1 heterocycles. The first-order valence-corrected chi connectivity index (χ1v) is 6.32. The molecule has 1 heteroatoms. The summed E-state index contributed by atoms with van der Waals surface area (Å²) in [6.07, 6.45) is 11.8. The first kappa shape index (κ1) is 11.6. The van der Waals surface area contributed by atoms with Gasteiger partial charge in [0.15, 0.2) is 0 Å². The molecule has 82 valence electrons. The lowest BCUT2D eigenvalue weighted by molar-refractivity contribution is 0.289. The van der Waals surface area contributed by atoms with Crippen molar-refractivity contribution in [2.45, 2.75) is 58.8 Å². The summed E-state index contributed by atoms with van der Waals surface area (Å²) in [5.74, 6) is 0. The lowest BCUT2D eigenvalue weighted by Crippen LogP contribution is -2.28. The predicted octanol–water partition coefficient (Wildman–Crippen LogP) is 3.96. The van der Waals surface area contributed by atoms with E-state index in [9.17, 15) is 0 Å². The molecule has 0 saturated carbocycles. The summed E-state index contributed by atoms with van der Waals surface area (Å²) in [7, 11) is 0. The van der Waals surface area contributed by atoms with Gasteiger partial charge in [0.1, 0.15) is 0 Å². The van der Waals surface area contributed by atoms with Gasteiger partial charge in [0.05, 0.1) is 0 Å². The van der Waals surface area contributed by atoms with Gasteiger partial charge in [0, 0.05) is 18.8 Å². The van der Waals surface area contributed by atoms with Crippen molar-refractivity contribution in [3.8, 4) is 0 Å². The lowest BCUT2D eigenvalue weighted by Gasteiger charge is -2.31. The van der Waals surface area contributed by atoms with Gasteiger partial charge in [-0.3, -0.25) is 0 Å². The van der Waals surface area contributed by atoms with E-state index in [1.54, 1.807) is 5.70 Å². The molecule has 0 amide bonds. The monoisotopic (exact) mass is 195 g/mol. The standard InChI is InChI=1S/C13H25N/c1-3-5-6-9-13-10-7-8-12-14(13)11-4-2/h9H,3-8,10-12H2,1-2H3. The first-order chi connectivity index (χ1) is 6.88. The van der Waals surface area contributed by atoms with Crippen molar-refractivity contribution >= 4 is 0 Å². The van der Waals surface area contributed by atoms with E-state index in [0.717, 1.165) is 0 Å². The van der Waals surface area contributed by atoms with Crippen LogP contribution < -0.4 is 0 Å². The zero-order chi connectivity index (χ0) is 10.2. The van der Waals surface area contributed by atoms with E-state index in [-0.39, 0.29) is 0 Å². The largest absolute Gasteiger partial charge is 0.375 e. The first-order valence-electron chi connectivity index (χ1n) is 6.32. The molecule has 1 aliphatic rings. The molecular weight excluding hydrogens is 170 g/mol. The van der Waals surface area contributed by atoms with Crippen molar-refractivity contribution in [1.29, 1.82) is 0 Å². The highest BCUT2D eigenvalue weighted by Gasteiger charge is 2.12. The molecule has 0 radical (unpaired) electrons. The van der Waals surface area contributed by atoms with Crippen LogP contribution in [0.25, 0.3) is 0 Å². The highest BCUT2D eigenvalue weighted by molar-refractivity contribution is 5.03. The summed E-state index contributed by atoms with van der Waals surface area (Å²) in [5, 5.41) is 0. The van der Waals surface area contributed by atoms with Crippen molar-refractivity contribution in [2.24, 2.45) is 0 Å². The van der Waals surface area contributed by atoms with Crippen LogP contribution in [0.3, 0.4) is 0 Å². The SMILES string of the molecule is CCCCC=C1CCCCN1CCC. The fourth-order valence-corrected chi connectivity index (χ4v) is 2.14. The number of unbranched alkanes of at least 4 members (excludes halogenated alkanes) is 2. The van der Waals surface area contributed by atoms with Gasteiger partial charge in [0.2, 0.25) is 0 Å². The Balaban J connectivity index is 2.40. The molecule has 0 aromatic heterocycles. The number of hydrogen-bond acceptors (Lipinski definition) is 1. The van der Waals surface area contributed by atoms with E-state index in [2.05, 4.69) is 24.8 Å². The molecule has 1 nitrogen and oxygen atoms in total. The Labute approximate surface area is 89.2 Å². The van der Waals surface area contributed by atoms with E-state index >= 15 is 0 Å². The van der Waals surface area contributed by atoms with Crippen LogP contribution in [-0.4, -0.2) is 18.0 Å². The molecule has 1 fully saturated rings. The van der Waals surface area contributed by atoms with Crippen molar-refractivity contribution in [3.63, 3.8) is 0 Å². The third-order valence-corrected chi connectivity index (χ3v) is 2.95. The topological polar surface area (TPSA) is 3.24 Å². The Hall–Kier alpha value is -0.460. The molecule has 1 rings (SSSR count). The van der Waals surface area contributed by atoms with Crippen molar-refractivity contribution in [1.82, 2.24) is 4.90 Å². The van der Waals surface area contributed by atoms with Gasteiger partial charge in [-0.1, -0.05) is 32.8 Å². The molecule has 1 saturated heterocycles. The minimum atomic E-state index is 1.26. The zero-order valence-corrected chi connectivity index (χ0v) is 9.89. The smallest absolute Gasteiger partial charge is 0.0175 e. The molecular formula is C13H25N. The Bertz CT molecular complexity index is 170. The Morgan fingerprint density at radius 2 is 2.07 bits per heavy atom. The van der Waals surface area contributed by atoms with Crippen molar-refractivity contribution in [3.05, 3.63) is 11.8 Å². The maximum absolute atomic E-state index is 2.60.